The van der Waals surface area contributed by atoms with Gasteiger partial charge in [0.15, 0.2) is 5.96 Å². The first-order valence-corrected chi connectivity index (χ1v) is 8.88. The summed E-state index contributed by atoms with van der Waals surface area (Å²) in [6.07, 6.45) is 6.51. The zero-order valence-corrected chi connectivity index (χ0v) is 14.5. The van der Waals surface area contributed by atoms with Crippen molar-refractivity contribution in [2.24, 2.45) is 10.9 Å². The van der Waals surface area contributed by atoms with E-state index < -0.39 is 0 Å². The van der Waals surface area contributed by atoms with Crippen LogP contribution in [0.2, 0.25) is 0 Å². The number of hydrogen-bond donors (Lipinski definition) is 1. The first kappa shape index (κ1) is 17.5. The minimum absolute atomic E-state index is 0.326. The molecule has 22 heavy (non-hydrogen) atoms. The number of nitrogens with one attached hydrogen (secondary N) is 1. The topological polar surface area (TPSA) is 46.1 Å². The van der Waals surface area contributed by atoms with E-state index in [1.165, 1.54) is 12.8 Å². The fourth-order valence-electron chi connectivity index (χ4n) is 3.04. The maximum Gasteiger partial charge on any atom is 0.193 e. The van der Waals surface area contributed by atoms with Crippen LogP contribution in [0.25, 0.3) is 0 Å². The Morgan fingerprint density at radius 1 is 1.27 bits per heavy atom. The summed E-state index contributed by atoms with van der Waals surface area (Å²) in [6.45, 7) is 9.13. The van der Waals surface area contributed by atoms with Crippen LogP contribution < -0.4 is 5.32 Å². The van der Waals surface area contributed by atoms with Crippen LogP contribution in [0.15, 0.2) is 4.99 Å². The Kier molecular flexibility index (Phi) is 7.46. The van der Waals surface area contributed by atoms with E-state index in [4.69, 9.17) is 9.47 Å². The molecule has 0 spiro atoms. The Balaban J connectivity index is 1.66. The van der Waals surface area contributed by atoms with Crippen molar-refractivity contribution < 1.29 is 9.47 Å². The van der Waals surface area contributed by atoms with E-state index in [1.807, 2.05) is 7.05 Å². The lowest BCUT2D eigenvalue weighted by Gasteiger charge is -2.35. The van der Waals surface area contributed by atoms with Crippen molar-refractivity contribution in [3.05, 3.63) is 0 Å². The monoisotopic (exact) mass is 311 g/mol. The number of guanidine groups is 1. The zero-order valence-electron chi connectivity index (χ0n) is 14.5. The van der Waals surface area contributed by atoms with Crippen LogP contribution in [0.1, 0.15) is 46.0 Å². The molecule has 1 N–H and O–H groups in total. The van der Waals surface area contributed by atoms with Gasteiger partial charge in [-0.15, -0.1) is 0 Å². The normalized spacial score (nSPS) is 24.8. The molecule has 128 valence electrons. The number of ether oxygens (including phenoxy) is 2. The molecule has 2 heterocycles. The second-order valence-corrected chi connectivity index (χ2v) is 6.83. The second kappa shape index (κ2) is 9.36. The molecule has 0 bridgehead atoms. The first-order valence-electron chi connectivity index (χ1n) is 8.88. The molecule has 2 rings (SSSR count). The third kappa shape index (κ3) is 5.76. The summed E-state index contributed by atoms with van der Waals surface area (Å²) in [5.41, 5.74) is 0. The lowest BCUT2D eigenvalue weighted by molar-refractivity contribution is -0.0721. The van der Waals surface area contributed by atoms with Gasteiger partial charge in [-0.05, 0) is 38.0 Å². The summed E-state index contributed by atoms with van der Waals surface area (Å²) in [6, 6.07) is 0. The lowest BCUT2D eigenvalue weighted by atomic mass is 10.1. The summed E-state index contributed by atoms with van der Waals surface area (Å²) in [7, 11) is 1.87. The van der Waals surface area contributed by atoms with Gasteiger partial charge in [0.05, 0.1) is 18.8 Å². The van der Waals surface area contributed by atoms with E-state index in [0.29, 0.717) is 18.1 Å². The fraction of sp³-hybridized carbons (Fsp3) is 0.941. The van der Waals surface area contributed by atoms with E-state index in [0.717, 1.165) is 58.1 Å². The van der Waals surface area contributed by atoms with Crippen molar-refractivity contribution in [3.63, 3.8) is 0 Å². The third-order valence-corrected chi connectivity index (χ3v) is 4.41. The maximum absolute atomic E-state index is 6.07. The van der Waals surface area contributed by atoms with Crippen LogP contribution in [0.5, 0.6) is 0 Å². The summed E-state index contributed by atoms with van der Waals surface area (Å²) in [4.78, 5) is 6.75. The van der Waals surface area contributed by atoms with Gasteiger partial charge in [0.25, 0.3) is 0 Å². The van der Waals surface area contributed by atoms with Gasteiger partial charge in [-0.3, -0.25) is 4.99 Å². The van der Waals surface area contributed by atoms with Gasteiger partial charge in [0.2, 0.25) is 0 Å². The predicted octanol–water partition coefficient (Wildman–Crippen LogP) is 2.27. The molecule has 2 aliphatic rings. The molecule has 0 aromatic carbocycles. The van der Waals surface area contributed by atoms with Gasteiger partial charge >= 0.3 is 0 Å². The molecular weight excluding hydrogens is 278 g/mol. The summed E-state index contributed by atoms with van der Waals surface area (Å²) in [5.74, 6) is 1.66. The summed E-state index contributed by atoms with van der Waals surface area (Å²) >= 11 is 0. The molecule has 2 fully saturated rings. The van der Waals surface area contributed by atoms with Crippen LogP contribution in [0.3, 0.4) is 0 Å². The highest BCUT2D eigenvalue weighted by atomic mass is 16.5. The Hall–Kier alpha value is -0.810. The van der Waals surface area contributed by atoms with E-state index in [9.17, 15) is 0 Å². The maximum atomic E-state index is 6.07. The van der Waals surface area contributed by atoms with Crippen LogP contribution in [0.4, 0.5) is 0 Å². The number of aliphatic imine (C=N–C) groups is 1. The van der Waals surface area contributed by atoms with Crippen molar-refractivity contribution in [1.29, 1.82) is 0 Å². The molecular formula is C17H33N3O2. The Bertz CT molecular complexity index is 333. The smallest absolute Gasteiger partial charge is 0.193 e. The Morgan fingerprint density at radius 3 is 2.64 bits per heavy atom. The molecule has 0 aliphatic carbocycles. The third-order valence-electron chi connectivity index (χ3n) is 4.41. The molecule has 5 nitrogen and oxygen atoms in total. The van der Waals surface area contributed by atoms with Crippen LogP contribution >= 0.6 is 0 Å². The van der Waals surface area contributed by atoms with E-state index in [1.54, 1.807) is 0 Å². The van der Waals surface area contributed by atoms with Crippen molar-refractivity contribution in [2.75, 3.05) is 39.9 Å². The molecule has 1 unspecified atom stereocenters. The average Bonchev–Trinajstić information content (AvgIpc) is 2.55. The quantitative estimate of drug-likeness (QED) is 0.625. The van der Waals surface area contributed by atoms with E-state index >= 15 is 0 Å². The fourth-order valence-corrected chi connectivity index (χ4v) is 3.04. The van der Waals surface area contributed by atoms with Crippen LogP contribution in [-0.4, -0.2) is 63.0 Å². The molecule has 2 saturated heterocycles. The van der Waals surface area contributed by atoms with Crippen LogP contribution in [-0.2, 0) is 9.47 Å². The standard InChI is InChI=1S/C17H33N3O2/c1-14(2)12-19-17(18-3)20-9-7-15(8-10-20)22-13-16-6-4-5-11-21-16/h14-16H,4-13H2,1-3H3,(H,18,19). The predicted molar refractivity (Wildman–Crippen MR) is 90.3 cm³/mol. The van der Waals surface area contributed by atoms with Gasteiger partial charge in [0, 0.05) is 33.3 Å². The zero-order chi connectivity index (χ0) is 15.8. The Morgan fingerprint density at radius 2 is 2.05 bits per heavy atom. The van der Waals surface area contributed by atoms with Gasteiger partial charge in [-0.25, -0.2) is 0 Å². The van der Waals surface area contributed by atoms with Crippen LogP contribution in [0, 0.1) is 5.92 Å². The Labute approximate surface area is 135 Å². The molecule has 0 amide bonds. The number of piperidine rings is 1. The van der Waals surface area contributed by atoms with Crippen molar-refractivity contribution in [1.82, 2.24) is 10.2 Å². The SMILES string of the molecule is CN=C(NCC(C)C)N1CCC(OCC2CCCCO2)CC1. The highest BCUT2D eigenvalue weighted by Crippen LogP contribution is 2.17. The summed E-state index contributed by atoms with van der Waals surface area (Å²) < 4.78 is 11.8. The molecule has 0 radical (unpaired) electrons. The number of hydrogen-bond acceptors (Lipinski definition) is 3. The largest absolute Gasteiger partial charge is 0.376 e. The molecule has 2 aliphatic heterocycles. The minimum atomic E-state index is 0.326. The molecule has 0 saturated carbocycles. The van der Waals surface area contributed by atoms with Gasteiger partial charge < -0.3 is 19.7 Å². The van der Waals surface area contributed by atoms with Gasteiger partial charge in [0.1, 0.15) is 0 Å². The number of nitrogens with zero attached hydrogens (tertiary/aromatic N) is 2. The van der Waals surface area contributed by atoms with Crippen molar-refractivity contribution >= 4 is 5.96 Å². The van der Waals surface area contributed by atoms with E-state index in [-0.39, 0.29) is 0 Å². The van der Waals surface area contributed by atoms with Gasteiger partial charge in [-0.2, -0.15) is 0 Å². The average molecular weight is 311 g/mol. The molecule has 0 aromatic heterocycles. The molecule has 1 atom stereocenters. The minimum Gasteiger partial charge on any atom is -0.376 e. The van der Waals surface area contributed by atoms with Gasteiger partial charge in [-0.1, -0.05) is 13.8 Å². The highest BCUT2D eigenvalue weighted by molar-refractivity contribution is 5.79. The highest BCUT2D eigenvalue weighted by Gasteiger charge is 2.23. The molecule has 5 heteroatoms. The van der Waals surface area contributed by atoms with Crippen molar-refractivity contribution in [2.45, 2.75) is 58.2 Å². The first-order chi connectivity index (χ1) is 10.7. The lowest BCUT2D eigenvalue weighted by Crippen LogP contribution is -2.48. The number of likely N-dealkylation sites (tertiary alicyclic amines) is 1. The molecule has 0 aromatic rings. The van der Waals surface area contributed by atoms with Crippen molar-refractivity contribution in [3.8, 4) is 0 Å². The second-order valence-electron chi connectivity index (χ2n) is 6.83. The summed E-state index contributed by atoms with van der Waals surface area (Å²) in [5, 5.41) is 3.45. The number of rotatable bonds is 5. The van der Waals surface area contributed by atoms with E-state index in [2.05, 4.69) is 29.1 Å².